The van der Waals surface area contributed by atoms with Gasteiger partial charge in [0.1, 0.15) is 5.75 Å². The van der Waals surface area contributed by atoms with Crippen LogP contribution in [0.15, 0.2) is 42.5 Å². The summed E-state index contributed by atoms with van der Waals surface area (Å²) in [6, 6.07) is 10.8. The Kier molecular flexibility index (Phi) is 8.58. The van der Waals surface area contributed by atoms with Crippen molar-refractivity contribution < 1.29 is 22.6 Å². The zero-order valence-electron chi connectivity index (χ0n) is 17.6. The van der Waals surface area contributed by atoms with E-state index in [2.05, 4.69) is 10.2 Å². The number of rotatable bonds is 7. The molecule has 1 aliphatic rings. The summed E-state index contributed by atoms with van der Waals surface area (Å²) < 4.78 is 49.7. The molecule has 3 rings (SSSR count). The first-order chi connectivity index (χ1) is 15.3. The minimum Gasteiger partial charge on any atom is -0.496 e. The van der Waals surface area contributed by atoms with Gasteiger partial charge in [-0.05, 0) is 36.5 Å². The smallest absolute Gasteiger partial charge is 0.416 e. The summed E-state index contributed by atoms with van der Waals surface area (Å²) in [4.78, 5) is 4.24. The summed E-state index contributed by atoms with van der Waals surface area (Å²) in [6.07, 6.45) is -4.46. The Morgan fingerprint density at radius 3 is 2.59 bits per heavy atom. The van der Waals surface area contributed by atoms with Gasteiger partial charge < -0.3 is 19.7 Å². The molecule has 0 amide bonds. The number of nitrogens with zero attached hydrogens (tertiary/aromatic N) is 2. The van der Waals surface area contributed by atoms with Crippen LogP contribution in [0.4, 0.5) is 18.9 Å². The molecule has 1 heterocycles. The van der Waals surface area contributed by atoms with Gasteiger partial charge in [0.2, 0.25) is 0 Å². The van der Waals surface area contributed by atoms with Crippen LogP contribution in [0.2, 0.25) is 5.02 Å². The van der Waals surface area contributed by atoms with Gasteiger partial charge in [0.05, 0.1) is 36.6 Å². The monoisotopic (exact) mass is 487 g/mol. The first-order valence-corrected chi connectivity index (χ1v) is 10.9. The highest BCUT2D eigenvalue weighted by atomic mass is 35.5. The third-order valence-electron chi connectivity index (χ3n) is 5.17. The minimum absolute atomic E-state index is 0.0485. The Hall–Kier alpha value is -2.07. The van der Waals surface area contributed by atoms with Gasteiger partial charge in [-0.2, -0.15) is 13.2 Å². The van der Waals surface area contributed by atoms with Crippen molar-refractivity contribution in [2.24, 2.45) is 0 Å². The van der Waals surface area contributed by atoms with Crippen molar-refractivity contribution in [1.82, 2.24) is 9.80 Å². The molecule has 0 aromatic heterocycles. The molecule has 0 unspecified atom stereocenters. The first kappa shape index (κ1) is 24.6. The van der Waals surface area contributed by atoms with Crippen molar-refractivity contribution in [3.05, 3.63) is 58.6 Å². The summed E-state index contributed by atoms with van der Waals surface area (Å²) in [5.41, 5.74) is 0.456. The van der Waals surface area contributed by atoms with Crippen molar-refractivity contribution in [2.75, 3.05) is 51.8 Å². The zero-order chi connectivity index (χ0) is 23.1. The van der Waals surface area contributed by atoms with Gasteiger partial charge in [-0.3, -0.25) is 4.90 Å². The fourth-order valence-corrected chi connectivity index (χ4v) is 3.86. The molecule has 10 heteroatoms. The molecule has 2 aromatic carbocycles. The Bertz CT molecular complexity index is 924. The molecule has 32 heavy (non-hydrogen) atoms. The van der Waals surface area contributed by atoms with Gasteiger partial charge in [-0.1, -0.05) is 29.8 Å². The maximum absolute atomic E-state index is 12.9. The second-order valence-corrected chi connectivity index (χ2v) is 8.10. The van der Waals surface area contributed by atoms with Gasteiger partial charge in [-0.15, -0.1) is 0 Å². The number of benzene rings is 2. The summed E-state index contributed by atoms with van der Waals surface area (Å²) in [7, 11) is 1.61. The van der Waals surface area contributed by atoms with E-state index in [1.165, 1.54) is 6.07 Å². The standard InChI is InChI=1S/C22H25ClF3N3O2S/c1-30-20-5-3-2-4-16(20)15-29(9-8-28-10-12-31-13-11-28)21(32)27-19-7-6-17(14-18(19)23)22(24,25)26/h2-7,14H,8-13,15H2,1H3,(H,27,32). The third kappa shape index (κ3) is 6.71. The number of halogens is 4. The second kappa shape index (κ2) is 11.2. The van der Waals surface area contributed by atoms with Crippen molar-refractivity contribution >= 4 is 34.6 Å². The van der Waals surface area contributed by atoms with Crippen LogP contribution in [0.25, 0.3) is 0 Å². The molecule has 1 N–H and O–H groups in total. The fraction of sp³-hybridized carbons (Fsp3) is 0.409. The summed E-state index contributed by atoms with van der Waals surface area (Å²) in [6.45, 7) is 4.91. The van der Waals surface area contributed by atoms with Crippen LogP contribution >= 0.6 is 23.8 Å². The topological polar surface area (TPSA) is 37.0 Å². The molecule has 1 saturated heterocycles. The van der Waals surface area contributed by atoms with Crippen LogP contribution in [0.1, 0.15) is 11.1 Å². The Morgan fingerprint density at radius 2 is 1.94 bits per heavy atom. The predicted molar refractivity (Wildman–Crippen MR) is 123 cm³/mol. The normalized spacial score (nSPS) is 14.8. The van der Waals surface area contributed by atoms with E-state index in [1.54, 1.807) is 7.11 Å². The van der Waals surface area contributed by atoms with Gasteiger partial charge in [0.25, 0.3) is 0 Å². The van der Waals surface area contributed by atoms with Crippen molar-refractivity contribution in [1.29, 1.82) is 0 Å². The van der Waals surface area contributed by atoms with Crippen LogP contribution in [-0.2, 0) is 17.5 Å². The molecule has 0 radical (unpaired) electrons. The zero-order valence-corrected chi connectivity index (χ0v) is 19.2. The number of morpholine rings is 1. The van der Waals surface area contributed by atoms with Crippen LogP contribution in [0, 0.1) is 0 Å². The molecular formula is C22H25ClF3N3O2S. The average Bonchev–Trinajstić information content (AvgIpc) is 2.78. The Morgan fingerprint density at radius 1 is 1.22 bits per heavy atom. The van der Waals surface area contributed by atoms with Crippen molar-refractivity contribution in [3.63, 3.8) is 0 Å². The molecule has 0 atom stereocenters. The van der Waals surface area contributed by atoms with E-state index in [9.17, 15) is 13.2 Å². The predicted octanol–water partition coefficient (Wildman–Crippen LogP) is 4.90. The number of ether oxygens (including phenoxy) is 2. The van der Waals surface area contributed by atoms with E-state index in [4.69, 9.17) is 33.3 Å². The molecule has 2 aromatic rings. The van der Waals surface area contributed by atoms with E-state index in [-0.39, 0.29) is 5.02 Å². The minimum atomic E-state index is -4.46. The highest BCUT2D eigenvalue weighted by Gasteiger charge is 2.31. The Balaban J connectivity index is 1.76. The van der Waals surface area contributed by atoms with Crippen LogP contribution in [0.3, 0.4) is 0 Å². The van der Waals surface area contributed by atoms with Crippen LogP contribution < -0.4 is 10.1 Å². The Labute approximate surface area is 196 Å². The number of para-hydroxylation sites is 1. The summed E-state index contributed by atoms with van der Waals surface area (Å²) >= 11 is 11.7. The van der Waals surface area contributed by atoms with Gasteiger partial charge in [-0.25, -0.2) is 0 Å². The number of alkyl halides is 3. The number of hydrogen-bond acceptors (Lipinski definition) is 4. The molecule has 5 nitrogen and oxygen atoms in total. The van der Waals surface area contributed by atoms with E-state index < -0.39 is 11.7 Å². The molecule has 0 bridgehead atoms. The number of anilines is 1. The molecule has 0 spiro atoms. The van der Waals surface area contributed by atoms with Gasteiger partial charge >= 0.3 is 6.18 Å². The lowest BCUT2D eigenvalue weighted by Crippen LogP contribution is -2.44. The maximum atomic E-state index is 12.9. The molecule has 1 fully saturated rings. The van der Waals surface area contributed by atoms with Crippen LogP contribution in [-0.4, -0.2) is 61.4 Å². The summed E-state index contributed by atoms with van der Waals surface area (Å²) in [5.74, 6) is 0.735. The van der Waals surface area contributed by atoms with Crippen LogP contribution in [0.5, 0.6) is 5.75 Å². The fourth-order valence-electron chi connectivity index (χ4n) is 3.37. The molecule has 0 aliphatic carbocycles. The largest absolute Gasteiger partial charge is 0.496 e. The quantitative estimate of drug-likeness (QED) is 0.560. The first-order valence-electron chi connectivity index (χ1n) is 10.1. The molecule has 0 saturated carbocycles. The third-order valence-corrected chi connectivity index (χ3v) is 5.84. The van der Waals surface area contributed by atoms with Crippen molar-refractivity contribution in [3.8, 4) is 5.75 Å². The van der Waals surface area contributed by atoms with E-state index in [0.29, 0.717) is 37.1 Å². The highest BCUT2D eigenvalue weighted by molar-refractivity contribution is 7.80. The number of nitrogens with one attached hydrogen (secondary N) is 1. The molecular weight excluding hydrogens is 463 g/mol. The lowest BCUT2D eigenvalue weighted by atomic mass is 10.2. The molecule has 174 valence electrons. The van der Waals surface area contributed by atoms with E-state index in [0.717, 1.165) is 43.1 Å². The highest BCUT2D eigenvalue weighted by Crippen LogP contribution is 2.34. The van der Waals surface area contributed by atoms with E-state index >= 15 is 0 Å². The van der Waals surface area contributed by atoms with Gasteiger partial charge in [0, 0.05) is 38.3 Å². The van der Waals surface area contributed by atoms with Gasteiger partial charge in [0.15, 0.2) is 5.11 Å². The molecule has 1 aliphatic heterocycles. The average molecular weight is 488 g/mol. The second-order valence-electron chi connectivity index (χ2n) is 7.31. The van der Waals surface area contributed by atoms with Crippen molar-refractivity contribution in [2.45, 2.75) is 12.7 Å². The number of thiocarbonyl (C=S) groups is 1. The maximum Gasteiger partial charge on any atom is 0.416 e. The lowest BCUT2D eigenvalue weighted by molar-refractivity contribution is -0.137. The van der Waals surface area contributed by atoms with E-state index in [1.807, 2.05) is 29.2 Å². The SMILES string of the molecule is COc1ccccc1CN(CCN1CCOCC1)C(=S)Nc1ccc(C(F)(F)F)cc1Cl. The number of methoxy groups -OCH3 is 1. The summed E-state index contributed by atoms with van der Waals surface area (Å²) in [5, 5.41) is 3.33. The lowest BCUT2D eigenvalue weighted by Gasteiger charge is -2.32. The number of hydrogen-bond donors (Lipinski definition) is 1.